The Labute approximate surface area is 168 Å². The second-order valence-corrected chi connectivity index (χ2v) is 7.56. The van der Waals surface area contributed by atoms with Crippen LogP contribution in [-0.2, 0) is 4.79 Å². The van der Waals surface area contributed by atoms with Gasteiger partial charge in [0.15, 0.2) is 23.0 Å². The summed E-state index contributed by atoms with van der Waals surface area (Å²) in [6.45, 7) is 3.83. The Morgan fingerprint density at radius 1 is 1.14 bits per heavy atom. The van der Waals surface area contributed by atoms with Crippen molar-refractivity contribution < 1.29 is 18.7 Å². The molecule has 3 aromatic rings. The molecule has 29 heavy (non-hydrogen) atoms. The van der Waals surface area contributed by atoms with Crippen molar-refractivity contribution in [2.45, 2.75) is 31.7 Å². The first-order valence-corrected chi connectivity index (χ1v) is 9.97. The van der Waals surface area contributed by atoms with Gasteiger partial charge in [0.2, 0.25) is 12.7 Å². The fourth-order valence-corrected chi connectivity index (χ4v) is 3.99. The maximum absolute atomic E-state index is 12.7. The number of carbonyl (C=O) groups excluding carboxylic acids is 1. The Morgan fingerprint density at radius 3 is 2.76 bits per heavy atom. The number of ether oxygens (including phenoxy) is 2. The minimum absolute atomic E-state index is 0.0239. The summed E-state index contributed by atoms with van der Waals surface area (Å²) in [5.74, 6) is 2.45. The minimum atomic E-state index is -0.218. The zero-order valence-corrected chi connectivity index (χ0v) is 16.3. The number of hydrogen-bond donors (Lipinski definition) is 1. The number of oxazole rings is 1. The first kappa shape index (κ1) is 18.0. The zero-order valence-electron chi connectivity index (χ0n) is 16.3. The second-order valence-electron chi connectivity index (χ2n) is 7.56. The van der Waals surface area contributed by atoms with Gasteiger partial charge in [-0.3, -0.25) is 9.69 Å². The molecule has 1 saturated heterocycles. The van der Waals surface area contributed by atoms with Gasteiger partial charge in [-0.15, -0.1) is 0 Å². The average molecular weight is 393 g/mol. The van der Waals surface area contributed by atoms with E-state index in [1.165, 1.54) is 0 Å². The molecule has 2 aromatic carbocycles. The second kappa shape index (κ2) is 7.40. The van der Waals surface area contributed by atoms with Gasteiger partial charge in [-0.2, -0.15) is 0 Å². The molecule has 0 aliphatic carbocycles. The Hall–Kier alpha value is -3.06. The summed E-state index contributed by atoms with van der Waals surface area (Å²) in [6, 6.07) is 13.1. The van der Waals surface area contributed by atoms with Gasteiger partial charge in [-0.25, -0.2) is 4.98 Å². The lowest BCUT2D eigenvalue weighted by molar-refractivity contribution is -0.121. The number of hydrogen-bond acceptors (Lipinski definition) is 6. The molecular formula is C22H23N3O4. The fourth-order valence-electron chi connectivity index (χ4n) is 3.99. The van der Waals surface area contributed by atoms with Crippen LogP contribution in [0.3, 0.4) is 0 Å². The van der Waals surface area contributed by atoms with Crippen LogP contribution in [0.1, 0.15) is 31.6 Å². The predicted octanol–water partition coefficient (Wildman–Crippen LogP) is 3.76. The third-order valence-electron chi connectivity index (χ3n) is 5.76. The van der Waals surface area contributed by atoms with Crippen LogP contribution in [0, 0.1) is 0 Å². The van der Waals surface area contributed by atoms with Crippen molar-refractivity contribution in [3.63, 3.8) is 0 Å². The topological polar surface area (TPSA) is 76.8 Å². The van der Waals surface area contributed by atoms with Crippen molar-refractivity contribution in [1.82, 2.24) is 9.88 Å². The number of piperidine rings is 1. The summed E-state index contributed by atoms with van der Waals surface area (Å²) in [5.41, 5.74) is 2.45. The number of carbonyl (C=O) groups is 1. The monoisotopic (exact) mass is 393 g/mol. The number of benzene rings is 2. The van der Waals surface area contributed by atoms with Gasteiger partial charge in [0, 0.05) is 17.7 Å². The highest BCUT2D eigenvalue weighted by Crippen LogP contribution is 2.34. The molecule has 1 fully saturated rings. The van der Waals surface area contributed by atoms with Crippen LogP contribution < -0.4 is 14.8 Å². The third-order valence-corrected chi connectivity index (χ3v) is 5.76. The van der Waals surface area contributed by atoms with E-state index in [1.807, 2.05) is 43.3 Å². The number of rotatable bonds is 4. The van der Waals surface area contributed by atoms with Crippen LogP contribution in [-0.4, -0.2) is 41.7 Å². The Kier molecular flexibility index (Phi) is 4.60. The standard InChI is InChI=1S/C22H23N3O4/c1-14(21(26)23-16-6-7-19-20(12-16)28-13-27-19)25-10-8-15(9-11-25)22-24-17-4-2-3-5-18(17)29-22/h2-7,12,14-15H,8-11,13H2,1H3,(H,23,26)/t14-/m0/s1. The summed E-state index contributed by atoms with van der Waals surface area (Å²) in [7, 11) is 0. The molecule has 2 aliphatic heterocycles. The lowest BCUT2D eigenvalue weighted by atomic mass is 9.95. The van der Waals surface area contributed by atoms with Crippen LogP contribution in [0.15, 0.2) is 46.9 Å². The lowest BCUT2D eigenvalue weighted by Gasteiger charge is -2.34. The van der Waals surface area contributed by atoms with E-state index < -0.39 is 0 Å². The fraction of sp³-hybridized carbons (Fsp3) is 0.364. The van der Waals surface area contributed by atoms with Gasteiger partial charge in [-0.1, -0.05) is 12.1 Å². The molecule has 5 rings (SSSR count). The summed E-state index contributed by atoms with van der Waals surface area (Å²) in [6.07, 6.45) is 1.85. The van der Waals surface area contributed by atoms with Gasteiger partial charge in [0.25, 0.3) is 0 Å². The van der Waals surface area contributed by atoms with E-state index in [0.29, 0.717) is 23.1 Å². The molecule has 7 heteroatoms. The molecule has 0 spiro atoms. The van der Waals surface area contributed by atoms with E-state index in [9.17, 15) is 4.79 Å². The number of para-hydroxylation sites is 2. The Balaban J connectivity index is 1.19. The molecule has 150 valence electrons. The summed E-state index contributed by atoms with van der Waals surface area (Å²) < 4.78 is 16.6. The number of fused-ring (bicyclic) bond motifs is 2. The van der Waals surface area contributed by atoms with E-state index in [-0.39, 0.29) is 18.7 Å². The number of likely N-dealkylation sites (tertiary alicyclic amines) is 1. The van der Waals surface area contributed by atoms with Crippen LogP contribution in [0.2, 0.25) is 0 Å². The van der Waals surface area contributed by atoms with Crippen molar-refractivity contribution in [2.75, 3.05) is 25.2 Å². The number of aromatic nitrogens is 1. The maximum Gasteiger partial charge on any atom is 0.241 e. The smallest absolute Gasteiger partial charge is 0.241 e. The highest BCUT2D eigenvalue weighted by Gasteiger charge is 2.29. The largest absolute Gasteiger partial charge is 0.454 e. The van der Waals surface area contributed by atoms with Crippen molar-refractivity contribution in [2.24, 2.45) is 0 Å². The minimum Gasteiger partial charge on any atom is -0.454 e. The first-order valence-electron chi connectivity index (χ1n) is 9.97. The summed E-state index contributed by atoms with van der Waals surface area (Å²) >= 11 is 0. The van der Waals surface area contributed by atoms with Crippen LogP contribution >= 0.6 is 0 Å². The van der Waals surface area contributed by atoms with Crippen molar-refractivity contribution in [1.29, 1.82) is 0 Å². The quantitative estimate of drug-likeness (QED) is 0.727. The third kappa shape index (κ3) is 3.53. The first-order chi connectivity index (χ1) is 14.2. The maximum atomic E-state index is 12.7. The van der Waals surface area contributed by atoms with Crippen molar-refractivity contribution in [3.8, 4) is 11.5 Å². The Bertz CT molecular complexity index is 1010. The van der Waals surface area contributed by atoms with E-state index in [0.717, 1.165) is 42.9 Å². The van der Waals surface area contributed by atoms with E-state index in [1.54, 1.807) is 6.07 Å². The molecule has 1 N–H and O–H groups in total. The summed E-state index contributed by atoms with van der Waals surface area (Å²) in [5, 5.41) is 2.98. The normalized spacial score (nSPS) is 18.1. The van der Waals surface area contributed by atoms with E-state index in [2.05, 4.69) is 15.2 Å². The molecule has 1 atom stereocenters. The molecule has 0 saturated carbocycles. The lowest BCUT2D eigenvalue weighted by Crippen LogP contribution is -2.45. The predicted molar refractivity (Wildman–Crippen MR) is 108 cm³/mol. The molecule has 7 nitrogen and oxygen atoms in total. The molecule has 0 bridgehead atoms. The molecule has 0 radical (unpaired) electrons. The number of anilines is 1. The molecular weight excluding hydrogens is 370 g/mol. The van der Waals surface area contributed by atoms with Crippen LogP contribution in [0.4, 0.5) is 5.69 Å². The Morgan fingerprint density at radius 2 is 1.93 bits per heavy atom. The van der Waals surface area contributed by atoms with E-state index >= 15 is 0 Å². The van der Waals surface area contributed by atoms with Gasteiger partial charge in [-0.05, 0) is 57.1 Å². The molecule has 1 aromatic heterocycles. The van der Waals surface area contributed by atoms with Crippen LogP contribution in [0.5, 0.6) is 11.5 Å². The van der Waals surface area contributed by atoms with Crippen LogP contribution in [0.25, 0.3) is 11.1 Å². The highest BCUT2D eigenvalue weighted by molar-refractivity contribution is 5.94. The number of amides is 1. The average Bonchev–Trinajstić information content (AvgIpc) is 3.39. The van der Waals surface area contributed by atoms with E-state index in [4.69, 9.17) is 13.9 Å². The van der Waals surface area contributed by atoms with Gasteiger partial charge in [0.05, 0.1) is 6.04 Å². The number of nitrogens with zero attached hydrogens (tertiary/aromatic N) is 2. The SMILES string of the molecule is C[C@@H](C(=O)Nc1ccc2c(c1)OCO2)N1CCC(c2nc3ccccc3o2)CC1. The highest BCUT2D eigenvalue weighted by atomic mass is 16.7. The van der Waals surface area contributed by atoms with Crippen molar-refractivity contribution >= 4 is 22.7 Å². The number of nitrogens with one attached hydrogen (secondary N) is 1. The van der Waals surface area contributed by atoms with Gasteiger partial charge >= 0.3 is 0 Å². The molecule has 0 unspecified atom stereocenters. The van der Waals surface area contributed by atoms with Gasteiger partial charge < -0.3 is 19.2 Å². The van der Waals surface area contributed by atoms with Gasteiger partial charge in [0.1, 0.15) is 5.52 Å². The molecule has 1 amide bonds. The van der Waals surface area contributed by atoms with Crippen molar-refractivity contribution in [3.05, 3.63) is 48.4 Å². The summed E-state index contributed by atoms with van der Waals surface area (Å²) in [4.78, 5) is 19.6. The molecule has 2 aliphatic rings. The zero-order chi connectivity index (χ0) is 19.8. The molecule has 3 heterocycles.